The molecule has 5 heteroatoms. The molecule has 0 aromatic carbocycles. The van der Waals surface area contributed by atoms with Crippen molar-refractivity contribution >= 4 is 11.0 Å². The summed E-state index contributed by atoms with van der Waals surface area (Å²) >= 11 is 0. The van der Waals surface area contributed by atoms with Crippen molar-refractivity contribution in [3.8, 4) is 0 Å². The number of hydrogen-bond donors (Lipinski definition) is 1. The third kappa shape index (κ3) is 1.40. The van der Waals surface area contributed by atoms with Gasteiger partial charge in [0.25, 0.3) is 0 Å². The molecule has 1 aliphatic heterocycles. The van der Waals surface area contributed by atoms with Gasteiger partial charge in [-0.3, -0.25) is 4.68 Å². The molecule has 16 heavy (non-hydrogen) atoms. The van der Waals surface area contributed by atoms with Crippen molar-refractivity contribution < 1.29 is 4.74 Å². The Bertz CT molecular complexity index is 508. The molecule has 0 fully saturated rings. The highest BCUT2D eigenvalue weighted by molar-refractivity contribution is 5.78. The fraction of sp³-hybridized carbons (Fsp3) is 0.455. The molecule has 0 aliphatic carbocycles. The number of pyridine rings is 1. The summed E-state index contributed by atoms with van der Waals surface area (Å²) < 4.78 is 7.78. The van der Waals surface area contributed by atoms with Gasteiger partial charge in [0.1, 0.15) is 6.10 Å². The second-order valence-electron chi connectivity index (χ2n) is 3.90. The van der Waals surface area contributed by atoms with Crippen LogP contribution < -0.4 is 5.32 Å². The van der Waals surface area contributed by atoms with E-state index in [4.69, 9.17) is 4.74 Å². The lowest BCUT2D eigenvalue weighted by atomic mass is 10.1. The summed E-state index contributed by atoms with van der Waals surface area (Å²) in [5, 5.41) is 8.73. The van der Waals surface area contributed by atoms with Gasteiger partial charge in [-0.1, -0.05) is 0 Å². The van der Waals surface area contributed by atoms with Crippen LogP contribution in [0.25, 0.3) is 11.0 Å². The number of nitrogens with one attached hydrogen (secondary N) is 1. The molecule has 1 N–H and O–H groups in total. The van der Waals surface area contributed by atoms with Gasteiger partial charge in [0, 0.05) is 18.1 Å². The zero-order valence-corrected chi connectivity index (χ0v) is 9.18. The summed E-state index contributed by atoms with van der Waals surface area (Å²) in [6.45, 7) is 2.33. The lowest BCUT2D eigenvalue weighted by Crippen LogP contribution is -2.28. The van der Waals surface area contributed by atoms with Crippen LogP contribution in [0, 0.1) is 0 Å². The summed E-state index contributed by atoms with van der Waals surface area (Å²) in [6, 6.07) is 3.99. The molecule has 0 amide bonds. The van der Waals surface area contributed by atoms with Crippen molar-refractivity contribution in [3.63, 3.8) is 0 Å². The average Bonchev–Trinajstić information content (AvgIpc) is 2.68. The molecule has 0 saturated carbocycles. The minimum Gasteiger partial charge on any atom is -0.369 e. The molecule has 84 valence electrons. The zero-order chi connectivity index (χ0) is 11.0. The molecule has 0 saturated heterocycles. The highest BCUT2D eigenvalue weighted by Crippen LogP contribution is 2.28. The van der Waals surface area contributed by atoms with Crippen molar-refractivity contribution in [3.05, 3.63) is 24.0 Å². The molecule has 3 heterocycles. The molecule has 0 bridgehead atoms. The second kappa shape index (κ2) is 3.84. The van der Waals surface area contributed by atoms with Crippen LogP contribution in [0.15, 0.2) is 18.3 Å². The number of rotatable bonds is 2. The van der Waals surface area contributed by atoms with Crippen LogP contribution in [0.1, 0.15) is 11.8 Å². The van der Waals surface area contributed by atoms with E-state index in [0.29, 0.717) is 6.61 Å². The molecule has 0 unspecified atom stereocenters. The maximum Gasteiger partial charge on any atom is 0.181 e. The van der Waals surface area contributed by atoms with Crippen LogP contribution in [0.2, 0.25) is 0 Å². The first-order valence-electron chi connectivity index (χ1n) is 5.48. The smallest absolute Gasteiger partial charge is 0.181 e. The normalized spacial score (nSPS) is 19.9. The van der Waals surface area contributed by atoms with Gasteiger partial charge >= 0.3 is 0 Å². The zero-order valence-electron chi connectivity index (χ0n) is 9.18. The van der Waals surface area contributed by atoms with Gasteiger partial charge in [-0.05, 0) is 19.2 Å². The Hall–Kier alpha value is -1.46. The van der Waals surface area contributed by atoms with Gasteiger partial charge in [0.2, 0.25) is 0 Å². The van der Waals surface area contributed by atoms with Gasteiger partial charge in [-0.15, -0.1) is 0 Å². The topological polar surface area (TPSA) is 52.0 Å². The minimum absolute atomic E-state index is 0.0768. The van der Waals surface area contributed by atoms with Crippen molar-refractivity contribution in [2.75, 3.05) is 20.2 Å². The molecule has 2 aromatic heterocycles. The Balaban J connectivity index is 2.16. The number of ether oxygens (including phenoxy) is 1. The van der Waals surface area contributed by atoms with E-state index in [1.807, 2.05) is 17.8 Å². The Morgan fingerprint density at radius 2 is 2.56 bits per heavy atom. The Morgan fingerprint density at radius 1 is 1.62 bits per heavy atom. The Morgan fingerprint density at radius 3 is 3.44 bits per heavy atom. The molecule has 3 rings (SSSR count). The van der Waals surface area contributed by atoms with Gasteiger partial charge in [0.15, 0.2) is 5.65 Å². The summed E-state index contributed by atoms with van der Waals surface area (Å²) in [6.07, 6.45) is 1.85. The van der Waals surface area contributed by atoms with Crippen LogP contribution >= 0.6 is 0 Å². The summed E-state index contributed by atoms with van der Waals surface area (Å²) in [7, 11) is 1.93. The fourth-order valence-electron chi connectivity index (χ4n) is 2.20. The first-order chi connectivity index (χ1) is 7.90. The highest BCUT2D eigenvalue weighted by Gasteiger charge is 2.24. The van der Waals surface area contributed by atoms with Crippen LogP contribution in [0.5, 0.6) is 0 Å². The largest absolute Gasteiger partial charge is 0.369 e. The predicted molar refractivity (Wildman–Crippen MR) is 60.1 cm³/mol. The van der Waals surface area contributed by atoms with Crippen LogP contribution in [-0.2, 0) is 11.3 Å². The third-order valence-corrected chi connectivity index (χ3v) is 2.87. The highest BCUT2D eigenvalue weighted by atomic mass is 16.5. The Labute approximate surface area is 93.4 Å². The van der Waals surface area contributed by atoms with E-state index in [-0.39, 0.29) is 6.10 Å². The van der Waals surface area contributed by atoms with Crippen LogP contribution in [-0.4, -0.2) is 35.0 Å². The van der Waals surface area contributed by atoms with E-state index in [1.165, 1.54) is 0 Å². The standard InChI is InChI=1S/C11H14N4O/c1-12-7-9-10-8-3-2-4-13-11(8)14-15(10)5-6-16-9/h2-4,9,12H,5-7H2,1H3/t9-/m0/s1. The van der Waals surface area contributed by atoms with Crippen molar-refractivity contribution in [1.82, 2.24) is 20.1 Å². The molecule has 1 aliphatic rings. The van der Waals surface area contributed by atoms with E-state index in [9.17, 15) is 0 Å². The first kappa shape index (κ1) is 9.74. The van der Waals surface area contributed by atoms with Crippen LogP contribution in [0.3, 0.4) is 0 Å². The monoisotopic (exact) mass is 218 g/mol. The number of aromatic nitrogens is 3. The van der Waals surface area contributed by atoms with E-state index >= 15 is 0 Å². The average molecular weight is 218 g/mol. The molecule has 1 atom stereocenters. The van der Waals surface area contributed by atoms with Crippen molar-refractivity contribution in [2.45, 2.75) is 12.6 Å². The maximum atomic E-state index is 5.76. The van der Waals surface area contributed by atoms with E-state index < -0.39 is 0 Å². The number of nitrogens with zero attached hydrogens (tertiary/aromatic N) is 3. The molecule has 0 spiro atoms. The summed E-state index contributed by atoms with van der Waals surface area (Å²) in [5.41, 5.74) is 1.95. The molecule has 5 nitrogen and oxygen atoms in total. The minimum atomic E-state index is 0.0768. The number of likely N-dealkylation sites (N-methyl/N-ethyl adjacent to an activating group) is 1. The van der Waals surface area contributed by atoms with Crippen LogP contribution in [0.4, 0.5) is 0 Å². The lowest BCUT2D eigenvalue weighted by Gasteiger charge is -2.24. The fourth-order valence-corrected chi connectivity index (χ4v) is 2.20. The predicted octanol–water partition coefficient (Wildman–Crippen LogP) is 0.722. The van der Waals surface area contributed by atoms with Gasteiger partial charge in [-0.25, -0.2) is 4.98 Å². The summed E-state index contributed by atoms with van der Waals surface area (Å²) in [4.78, 5) is 4.27. The quantitative estimate of drug-likeness (QED) is 0.807. The molecule has 2 aromatic rings. The molecular formula is C11H14N4O. The lowest BCUT2D eigenvalue weighted by molar-refractivity contribution is 0.0195. The number of hydrogen-bond acceptors (Lipinski definition) is 4. The van der Waals surface area contributed by atoms with Crippen molar-refractivity contribution in [1.29, 1.82) is 0 Å². The third-order valence-electron chi connectivity index (χ3n) is 2.87. The van der Waals surface area contributed by atoms with E-state index in [1.54, 1.807) is 6.20 Å². The number of fused-ring (bicyclic) bond motifs is 3. The first-order valence-corrected chi connectivity index (χ1v) is 5.48. The summed E-state index contributed by atoms with van der Waals surface area (Å²) in [5.74, 6) is 0. The molecular weight excluding hydrogens is 204 g/mol. The van der Waals surface area contributed by atoms with E-state index in [2.05, 4.69) is 21.5 Å². The molecule has 0 radical (unpaired) electrons. The Kier molecular flexibility index (Phi) is 2.34. The van der Waals surface area contributed by atoms with Crippen molar-refractivity contribution in [2.24, 2.45) is 0 Å². The van der Waals surface area contributed by atoms with Gasteiger partial charge < -0.3 is 10.1 Å². The van der Waals surface area contributed by atoms with E-state index in [0.717, 1.165) is 29.8 Å². The van der Waals surface area contributed by atoms with Gasteiger partial charge in [-0.2, -0.15) is 5.10 Å². The maximum absolute atomic E-state index is 5.76. The van der Waals surface area contributed by atoms with Gasteiger partial charge in [0.05, 0.1) is 18.8 Å². The SMILES string of the molecule is CNC[C@@H]1OCCn2nc3ncccc3c21. The second-order valence-corrected chi connectivity index (χ2v) is 3.90.